The molecule has 4 aromatic rings. The fourth-order valence-electron chi connectivity index (χ4n) is 4.48. The summed E-state index contributed by atoms with van der Waals surface area (Å²) in [4.78, 5) is 11.0. The van der Waals surface area contributed by atoms with E-state index in [2.05, 4.69) is 51.3 Å². The molecule has 5 heteroatoms. The van der Waals surface area contributed by atoms with Gasteiger partial charge in [0.15, 0.2) is 0 Å². The topological polar surface area (TPSA) is 38.2 Å². The van der Waals surface area contributed by atoms with Gasteiger partial charge in [0, 0.05) is 49.5 Å². The van der Waals surface area contributed by atoms with Crippen LogP contribution in [0.3, 0.4) is 0 Å². The molecule has 4 nitrogen and oxygen atoms in total. The van der Waals surface area contributed by atoms with Crippen LogP contribution >= 0.6 is 0 Å². The minimum absolute atomic E-state index is 0.0734. The molecule has 3 heterocycles. The highest BCUT2D eigenvalue weighted by atomic mass is 19.1. The van der Waals surface area contributed by atoms with Crippen molar-refractivity contribution in [1.29, 1.82) is 0 Å². The molecule has 1 saturated heterocycles. The number of hydrogen-bond donors (Lipinski definition) is 0. The van der Waals surface area contributed by atoms with Crippen LogP contribution in [-0.4, -0.2) is 36.3 Å². The molecule has 2 aromatic carbocycles. The lowest BCUT2D eigenvalue weighted by atomic mass is 9.85. The van der Waals surface area contributed by atoms with Gasteiger partial charge >= 0.3 is 0 Å². The summed E-state index contributed by atoms with van der Waals surface area (Å²) in [5.74, 6) is -0.158. The second-order valence-corrected chi connectivity index (χ2v) is 8.28. The number of benzene rings is 2. The maximum absolute atomic E-state index is 14.3. The predicted molar refractivity (Wildman–Crippen MR) is 129 cm³/mol. The van der Waals surface area contributed by atoms with E-state index in [1.807, 2.05) is 30.6 Å². The van der Waals surface area contributed by atoms with Gasteiger partial charge in [-0.05, 0) is 70.6 Å². The summed E-state index contributed by atoms with van der Waals surface area (Å²) >= 11 is 0. The summed E-state index contributed by atoms with van der Waals surface area (Å²) in [6, 6.07) is 21.6. The Morgan fingerprint density at radius 3 is 2.12 bits per heavy atom. The minimum atomic E-state index is -0.231. The standard InChI is InChI=1S/C28H26FN3O/c29-25-8-5-22(17-27(23-3-1-11-30-19-23)24-4-2-12-31-20-24)28(18-25)21-6-9-26(10-7-21)32-13-15-33-16-14-32/h1-12,18-20,27H,13-17H2. The Morgan fingerprint density at radius 2 is 1.52 bits per heavy atom. The average molecular weight is 440 g/mol. The van der Waals surface area contributed by atoms with Gasteiger partial charge in [0.25, 0.3) is 0 Å². The van der Waals surface area contributed by atoms with Crippen molar-refractivity contribution in [1.82, 2.24) is 9.97 Å². The monoisotopic (exact) mass is 439 g/mol. The van der Waals surface area contributed by atoms with E-state index in [1.165, 1.54) is 5.69 Å². The highest BCUT2D eigenvalue weighted by Crippen LogP contribution is 2.33. The zero-order chi connectivity index (χ0) is 22.5. The third kappa shape index (κ3) is 4.94. The van der Waals surface area contributed by atoms with Crippen molar-refractivity contribution in [3.05, 3.63) is 114 Å². The van der Waals surface area contributed by atoms with Crippen LogP contribution in [-0.2, 0) is 11.2 Å². The van der Waals surface area contributed by atoms with Crippen molar-refractivity contribution in [2.75, 3.05) is 31.2 Å². The minimum Gasteiger partial charge on any atom is -0.378 e. The van der Waals surface area contributed by atoms with E-state index in [0.717, 1.165) is 60.5 Å². The van der Waals surface area contributed by atoms with E-state index in [1.54, 1.807) is 24.5 Å². The number of rotatable bonds is 6. The number of aromatic nitrogens is 2. The SMILES string of the molecule is Fc1ccc(CC(c2cccnc2)c2cccnc2)c(-c2ccc(N3CCOCC3)cc2)c1. The van der Waals surface area contributed by atoms with Crippen LogP contribution in [0.5, 0.6) is 0 Å². The molecule has 0 amide bonds. The van der Waals surface area contributed by atoms with Crippen LogP contribution in [0.4, 0.5) is 10.1 Å². The Hall–Kier alpha value is -3.57. The van der Waals surface area contributed by atoms with Crippen LogP contribution in [0.15, 0.2) is 91.5 Å². The first-order valence-electron chi connectivity index (χ1n) is 11.3. The number of morpholine rings is 1. The molecule has 5 rings (SSSR count). The van der Waals surface area contributed by atoms with Crippen molar-refractivity contribution >= 4 is 5.69 Å². The molecule has 33 heavy (non-hydrogen) atoms. The van der Waals surface area contributed by atoms with Gasteiger partial charge in [0.2, 0.25) is 0 Å². The van der Waals surface area contributed by atoms with Gasteiger partial charge in [-0.1, -0.05) is 30.3 Å². The first kappa shape index (κ1) is 21.3. The summed E-state index contributed by atoms with van der Waals surface area (Å²) in [5.41, 5.74) is 6.42. The number of anilines is 1. The van der Waals surface area contributed by atoms with Crippen LogP contribution in [0.2, 0.25) is 0 Å². The molecule has 166 valence electrons. The molecule has 0 bridgehead atoms. The molecule has 0 unspecified atom stereocenters. The van der Waals surface area contributed by atoms with Crippen LogP contribution in [0.25, 0.3) is 11.1 Å². The zero-order valence-corrected chi connectivity index (χ0v) is 18.4. The Labute approximate surface area is 193 Å². The lowest BCUT2D eigenvalue weighted by Crippen LogP contribution is -2.36. The molecule has 0 spiro atoms. The molecule has 0 aliphatic carbocycles. The zero-order valence-electron chi connectivity index (χ0n) is 18.4. The van der Waals surface area contributed by atoms with Crippen molar-refractivity contribution in [2.24, 2.45) is 0 Å². The van der Waals surface area contributed by atoms with E-state index in [-0.39, 0.29) is 11.7 Å². The van der Waals surface area contributed by atoms with Gasteiger partial charge in [-0.25, -0.2) is 4.39 Å². The molecule has 0 saturated carbocycles. The van der Waals surface area contributed by atoms with Gasteiger partial charge in [-0.15, -0.1) is 0 Å². The van der Waals surface area contributed by atoms with Crippen LogP contribution in [0, 0.1) is 5.82 Å². The van der Waals surface area contributed by atoms with Gasteiger partial charge in [-0.3, -0.25) is 9.97 Å². The number of hydrogen-bond acceptors (Lipinski definition) is 4. The van der Waals surface area contributed by atoms with Gasteiger partial charge in [0.1, 0.15) is 5.82 Å². The van der Waals surface area contributed by atoms with Crippen LogP contribution in [0.1, 0.15) is 22.6 Å². The molecule has 1 fully saturated rings. The molecular weight excluding hydrogens is 413 g/mol. The second-order valence-electron chi connectivity index (χ2n) is 8.28. The fraction of sp³-hybridized carbons (Fsp3) is 0.214. The molecule has 0 radical (unpaired) electrons. The van der Waals surface area contributed by atoms with Gasteiger partial charge < -0.3 is 9.64 Å². The number of halogens is 1. The normalized spacial score (nSPS) is 13.9. The van der Waals surface area contributed by atoms with E-state index >= 15 is 0 Å². The Balaban J connectivity index is 1.49. The van der Waals surface area contributed by atoms with Gasteiger partial charge in [0.05, 0.1) is 13.2 Å². The second kappa shape index (κ2) is 9.92. The Kier molecular flexibility index (Phi) is 6.40. The van der Waals surface area contributed by atoms with E-state index in [4.69, 9.17) is 4.74 Å². The molecule has 2 aromatic heterocycles. The smallest absolute Gasteiger partial charge is 0.123 e. The Bertz CT molecular complexity index is 1140. The van der Waals surface area contributed by atoms with Crippen LogP contribution < -0.4 is 4.90 Å². The quantitative estimate of drug-likeness (QED) is 0.398. The summed E-state index contributed by atoms with van der Waals surface area (Å²) in [6.07, 6.45) is 8.08. The maximum Gasteiger partial charge on any atom is 0.123 e. The predicted octanol–water partition coefficient (Wildman–Crippen LogP) is 5.49. The molecule has 1 aliphatic rings. The van der Waals surface area contributed by atoms with E-state index in [9.17, 15) is 4.39 Å². The van der Waals surface area contributed by atoms with Crippen molar-refractivity contribution < 1.29 is 9.13 Å². The number of pyridine rings is 2. The lowest BCUT2D eigenvalue weighted by molar-refractivity contribution is 0.122. The number of ether oxygens (including phenoxy) is 1. The number of nitrogens with zero attached hydrogens (tertiary/aromatic N) is 3. The van der Waals surface area contributed by atoms with E-state index < -0.39 is 0 Å². The molecular formula is C28H26FN3O. The largest absolute Gasteiger partial charge is 0.378 e. The third-order valence-corrected chi connectivity index (χ3v) is 6.22. The van der Waals surface area contributed by atoms with Gasteiger partial charge in [-0.2, -0.15) is 0 Å². The molecule has 1 aliphatic heterocycles. The summed E-state index contributed by atoms with van der Waals surface area (Å²) < 4.78 is 19.8. The fourth-order valence-corrected chi connectivity index (χ4v) is 4.48. The summed E-state index contributed by atoms with van der Waals surface area (Å²) in [7, 11) is 0. The summed E-state index contributed by atoms with van der Waals surface area (Å²) in [6.45, 7) is 3.28. The first-order chi connectivity index (χ1) is 16.3. The van der Waals surface area contributed by atoms with Crippen molar-refractivity contribution in [2.45, 2.75) is 12.3 Å². The maximum atomic E-state index is 14.3. The third-order valence-electron chi connectivity index (χ3n) is 6.22. The molecule has 0 atom stereocenters. The lowest BCUT2D eigenvalue weighted by Gasteiger charge is -2.29. The highest BCUT2D eigenvalue weighted by molar-refractivity contribution is 5.70. The van der Waals surface area contributed by atoms with Crippen molar-refractivity contribution in [3.8, 4) is 11.1 Å². The highest BCUT2D eigenvalue weighted by Gasteiger charge is 2.19. The van der Waals surface area contributed by atoms with Crippen molar-refractivity contribution in [3.63, 3.8) is 0 Å². The molecule has 0 N–H and O–H groups in total. The summed E-state index contributed by atoms with van der Waals surface area (Å²) in [5, 5.41) is 0. The van der Waals surface area contributed by atoms with E-state index in [0.29, 0.717) is 0 Å². The first-order valence-corrected chi connectivity index (χ1v) is 11.3. The average Bonchev–Trinajstić information content (AvgIpc) is 2.89. The Morgan fingerprint density at radius 1 is 0.848 bits per heavy atom.